The molecule has 0 heterocycles. The maximum Gasteiger partial charge on any atom is 0.263 e. The largest absolute Gasteiger partial charge is 0.497 e. The lowest BCUT2D eigenvalue weighted by Crippen LogP contribution is -2.18. The van der Waals surface area contributed by atoms with Gasteiger partial charge in [-0.3, -0.25) is 0 Å². The van der Waals surface area contributed by atoms with E-state index in [9.17, 15) is 8.78 Å². The fourth-order valence-electron chi connectivity index (χ4n) is 2.14. The van der Waals surface area contributed by atoms with Crippen LogP contribution in [0.15, 0.2) is 48.5 Å². The highest BCUT2D eigenvalue weighted by Gasteiger charge is 2.09. The van der Waals surface area contributed by atoms with Crippen LogP contribution in [-0.4, -0.2) is 7.11 Å². The summed E-state index contributed by atoms with van der Waals surface area (Å²) in [6.07, 6.45) is -2.43. The third-order valence-corrected chi connectivity index (χ3v) is 3.41. The molecule has 112 valence electrons. The number of methoxy groups -OCH3 is 1. The average molecular weight is 291 g/mol. The molecule has 0 unspecified atom stereocenters. The number of hydrogen-bond donors (Lipinski definition) is 1. The lowest BCUT2D eigenvalue weighted by Gasteiger charge is -2.15. The zero-order valence-corrected chi connectivity index (χ0v) is 12.1. The van der Waals surface area contributed by atoms with Crippen molar-refractivity contribution in [2.75, 3.05) is 7.11 Å². The molecule has 0 bridgehead atoms. The normalized spacial score (nSPS) is 12.4. The van der Waals surface area contributed by atoms with Crippen molar-refractivity contribution in [1.82, 2.24) is 5.32 Å². The summed E-state index contributed by atoms with van der Waals surface area (Å²) in [7, 11) is 1.63. The number of alkyl halides is 2. The van der Waals surface area contributed by atoms with Gasteiger partial charge < -0.3 is 10.1 Å². The van der Waals surface area contributed by atoms with Gasteiger partial charge in [0.25, 0.3) is 6.43 Å². The molecule has 2 aromatic carbocycles. The van der Waals surface area contributed by atoms with Crippen molar-refractivity contribution >= 4 is 0 Å². The van der Waals surface area contributed by atoms with Crippen molar-refractivity contribution in [2.24, 2.45) is 0 Å². The molecule has 0 saturated carbocycles. The van der Waals surface area contributed by atoms with Crippen molar-refractivity contribution in [2.45, 2.75) is 25.9 Å². The Bertz CT molecular complexity index is 587. The first-order valence-corrected chi connectivity index (χ1v) is 6.84. The molecule has 2 rings (SSSR count). The summed E-state index contributed by atoms with van der Waals surface area (Å²) < 4.78 is 30.5. The van der Waals surface area contributed by atoms with Gasteiger partial charge in [0.15, 0.2) is 0 Å². The van der Waals surface area contributed by atoms with E-state index in [0.717, 1.165) is 16.9 Å². The monoisotopic (exact) mass is 291 g/mol. The third-order valence-electron chi connectivity index (χ3n) is 3.41. The van der Waals surface area contributed by atoms with E-state index >= 15 is 0 Å². The average Bonchev–Trinajstić information content (AvgIpc) is 2.53. The minimum atomic E-state index is -2.43. The number of rotatable bonds is 6. The van der Waals surface area contributed by atoms with E-state index < -0.39 is 6.43 Å². The summed E-state index contributed by atoms with van der Waals surface area (Å²) in [5.74, 6) is 0.806. The van der Waals surface area contributed by atoms with Gasteiger partial charge in [-0.25, -0.2) is 8.78 Å². The summed E-state index contributed by atoms with van der Waals surface area (Å²) >= 11 is 0. The molecule has 0 spiro atoms. The van der Waals surface area contributed by atoms with Crippen LogP contribution in [0.3, 0.4) is 0 Å². The molecule has 21 heavy (non-hydrogen) atoms. The molecule has 0 amide bonds. The van der Waals surface area contributed by atoms with Crippen LogP contribution in [0.1, 0.15) is 36.1 Å². The van der Waals surface area contributed by atoms with Gasteiger partial charge in [-0.1, -0.05) is 30.3 Å². The number of halogens is 2. The Balaban J connectivity index is 2.00. The van der Waals surface area contributed by atoms with Crippen molar-refractivity contribution in [3.05, 3.63) is 65.2 Å². The molecule has 1 N–H and O–H groups in total. The van der Waals surface area contributed by atoms with Crippen LogP contribution in [0, 0.1) is 0 Å². The molecule has 0 aliphatic carbocycles. The highest BCUT2D eigenvalue weighted by atomic mass is 19.3. The van der Waals surface area contributed by atoms with Crippen LogP contribution in [0.2, 0.25) is 0 Å². The summed E-state index contributed by atoms with van der Waals surface area (Å²) in [6.45, 7) is 2.57. The Labute approximate surface area is 123 Å². The SMILES string of the molecule is COc1cccc([C@H](C)NCc2cccc(C(F)F)c2)c1. The molecule has 0 aromatic heterocycles. The Morgan fingerprint density at radius 2 is 1.76 bits per heavy atom. The lowest BCUT2D eigenvalue weighted by molar-refractivity contribution is 0.151. The molecule has 0 radical (unpaired) electrons. The smallest absolute Gasteiger partial charge is 0.263 e. The zero-order valence-electron chi connectivity index (χ0n) is 12.1. The highest BCUT2D eigenvalue weighted by molar-refractivity contribution is 5.30. The molecule has 2 aromatic rings. The predicted molar refractivity (Wildman–Crippen MR) is 79.6 cm³/mol. The topological polar surface area (TPSA) is 21.3 Å². The fourth-order valence-corrected chi connectivity index (χ4v) is 2.14. The fraction of sp³-hybridized carbons (Fsp3) is 0.294. The quantitative estimate of drug-likeness (QED) is 0.847. The van der Waals surface area contributed by atoms with E-state index in [1.54, 1.807) is 13.2 Å². The Hall–Kier alpha value is -1.94. The highest BCUT2D eigenvalue weighted by Crippen LogP contribution is 2.21. The van der Waals surface area contributed by atoms with Crippen LogP contribution in [-0.2, 0) is 6.54 Å². The second kappa shape index (κ2) is 7.18. The maximum atomic E-state index is 12.7. The second-order valence-corrected chi connectivity index (χ2v) is 4.92. The molecule has 4 heteroatoms. The molecule has 2 nitrogen and oxygen atoms in total. The summed E-state index contributed by atoms with van der Waals surface area (Å²) in [5.41, 5.74) is 2.00. The van der Waals surface area contributed by atoms with E-state index in [0.29, 0.717) is 6.54 Å². The summed E-state index contributed by atoms with van der Waals surface area (Å²) in [6, 6.07) is 14.4. The first-order valence-electron chi connectivity index (χ1n) is 6.84. The van der Waals surface area contributed by atoms with Crippen molar-refractivity contribution < 1.29 is 13.5 Å². The van der Waals surface area contributed by atoms with Crippen LogP contribution in [0.4, 0.5) is 8.78 Å². The third kappa shape index (κ3) is 4.26. The van der Waals surface area contributed by atoms with E-state index in [1.165, 1.54) is 12.1 Å². The minimum absolute atomic E-state index is 0.0586. The van der Waals surface area contributed by atoms with Gasteiger partial charge in [-0.05, 0) is 36.2 Å². The van der Waals surface area contributed by atoms with Crippen LogP contribution in [0.25, 0.3) is 0 Å². The first-order chi connectivity index (χ1) is 10.1. The van der Waals surface area contributed by atoms with Gasteiger partial charge in [0.05, 0.1) is 7.11 Å². The van der Waals surface area contributed by atoms with Crippen molar-refractivity contribution in [1.29, 1.82) is 0 Å². The van der Waals surface area contributed by atoms with Gasteiger partial charge in [-0.2, -0.15) is 0 Å². The zero-order chi connectivity index (χ0) is 15.2. The van der Waals surface area contributed by atoms with Crippen LogP contribution in [0.5, 0.6) is 5.75 Å². The number of hydrogen-bond acceptors (Lipinski definition) is 2. The molecule has 0 saturated heterocycles. The Kier molecular flexibility index (Phi) is 5.28. The van der Waals surface area contributed by atoms with E-state index in [-0.39, 0.29) is 11.6 Å². The molecule has 0 aliphatic heterocycles. The molecular formula is C17H19F2NO. The van der Waals surface area contributed by atoms with Gasteiger partial charge in [0.1, 0.15) is 5.75 Å². The standard InChI is InChI=1S/C17H19F2NO/c1-12(14-6-4-8-16(10-14)21-2)20-11-13-5-3-7-15(9-13)17(18)19/h3-10,12,17,20H,11H2,1-2H3/t12-/m0/s1. The van der Waals surface area contributed by atoms with E-state index in [4.69, 9.17) is 4.74 Å². The lowest BCUT2D eigenvalue weighted by atomic mass is 10.1. The second-order valence-electron chi connectivity index (χ2n) is 4.92. The number of nitrogens with one attached hydrogen (secondary N) is 1. The van der Waals surface area contributed by atoms with Crippen molar-refractivity contribution in [3.63, 3.8) is 0 Å². The van der Waals surface area contributed by atoms with Gasteiger partial charge in [0.2, 0.25) is 0 Å². The summed E-state index contributed by atoms with van der Waals surface area (Å²) in [4.78, 5) is 0. The minimum Gasteiger partial charge on any atom is -0.497 e. The van der Waals surface area contributed by atoms with E-state index in [1.807, 2.05) is 37.3 Å². The van der Waals surface area contributed by atoms with E-state index in [2.05, 4.69) is 5.32 Å². The molecular weight excluding hydrogens is 272 g/mol. The molecule has 0 fully saturated rings. The Morgan fingerprint density at radius 1 is 1.05 bits per heavy atom. The van der Waals surface area contributed by atoms with Gasteiger partial charge in [-0.15, -0.1) is 0 Å². The molecule has 1 atom stereocenters. The molecule has 0 aliphatic rings. The van der Waals surface area contributed by atoms with Gasteiger partial charge in [0, 0.05) is 18.2 Å². The van der Waals surface area contributed by atoms with Gasteiger partial charge >= 0.3 is 0 Å². The predicted octanol–water partition coefficient (Wildman–Crippen LogP) is 4.48. The Morgan fingerprint density at radius 3 is 2.48 bits per heavy atom. The first kappa shape index (κ1) is 15.4. The van der Waals surface area contributed by atoms with Crippen LogP contribution >= 0.6 is 0 Å². The van der Waals surface area contributed by atoms with Crippen LogP contribution < -0.4 is 10.1 Å². The van der Waals surface area contributed by atoms with Crippen molar-refractivity contribution in [3.8, 4) is 5.75 Å². The number of benzene rings is 2. The maximum absolute atomic E-state index is 12.7. The summed E-state index contributed by atoms with van der Waals surface area (Å²) in [5, 5.41) is 3.33. The number of ether oxygens (including phenoxy) is 1.